The highest BCUT2D eigenvalue weighted by Gasteiger charge is 2.03. The molecule has 0 aliphatic carbocycles. The molecule has 0 saturated carbocycles. The van der Waals surface area contributed by atoms with Crippen molar-refractivity contribution in [2.45, 2.75) is 40.2 Å². The van der Waals surface area contributed by atoms with Crippen molar-refractivity contribution in [2.24, 2.45) is 0 Å². The van der Waals surface area contributed by atoms with Crippen LogP contribution < -0.4 is 0 Å². The number of nitrogens with zero attached hydrogens (tertiary/aromatic N) is 2. The Hall–Kier alpha value is -0.760. The van der Waals surface area contributed by atoms with E-state index >= 15 is 0 Å². The molecule has 0 radical (unpaired) electrons. The fourth-order valence-electron chi connectivity index (χ4n) is 1.67. The van der Waals surface area contributed by atoms with E-state index in [1.54, 1.807) is 0 Å². The maximum atomic E-state index is 5.65. The quantitative estimate of drug-likeness (QED) is 0.556. The summed E-state index contributed by atoms with van der Waals surface area (Å²) in [5.74, 6) is 0.698. The van der Waals surface area contributed by atoms with Crippen molar-refractivity contribution in [3.63, 3.8) is 0 Å². The third kappa shape index (κ3) is 3.71. The molecule has 0 aromatic carbocycles. The number of hydrogen-bond donors (Lipinski definition) is 0. The molecule has 0 N–H and O–H groups in total. The van der Waals surface area contributed by atoms with Crippen LogP contribution in [0.4, 0.5) is 0 Å². The van der Waals surface area contributed by atoms with E-state index in [2.05, 4.69) is 35.8 Å². The number of hydrogen-bond acceptors (Lipinski definition) is 1. The van der Waals surface area contributed by atoms with Crippen LogP contribution in [0.25, 0.3) is 0 Å². The summed E-state index contributed by atoms with van der Waals surface area (Å²) in [4.78, 5) is 0. The minimum Gasteiger partial charge on any atom is -0.269 e. The van der Waals surface area contributed by atoms with Gasteiger partial charge >= 0.3 is 0 Å². The van der Waals surface area contributed by atoms with Crippen LogP contribution in [0.15, 0.2) is 17.7 Å². The second-order valence-electron chi connectivity index (χ2n) is 3.80. The predicted octanol–water partition coefficient (Wildman–Crippen LogP) is 3.33. The zero-order valence-corrected chi connectivity index (χ0v) is 10.5. The lowest BCUT2D eigenvalue weighted by Gasteiger charge is -2.04. The highest BCUT2D eigenvalue weighted by molar-refractivity contribution is 6.17. The molecule has 0 amide bonds. The summed E-state index contributed by atoms with van der Waals surface area (Å²) in [5.41, 5.74) is 3.75. The molecule has 0 aliphatic rings. The van der Waals surface area contributed by atoms with Gasteiger partial charge < -0.3 is 0 Å². The first-order chi connectivity index (χ1) is 7.17. The molecule has 2 nitrogen and oxygen atoms in total. The fraction of sp³-hybridized carbons (Fsp3) is 0.583. The van der Waals surface area contributed by atoms with Gasteiger partial charge in [0.2, 0.25) is 0 Å². The zero-order chi connectivity index (χ0) is 11.3. The Morgan fingerprint density at radius 2 is 2.33 bits per heavy atom. The average Bonchev–Trinajstić information content (AvgIpc) is 2.55. The van der Waals surface area contributed by atoms with Gasteiger partial charge in [0.1, 0.15) is 0 Å². The molecule has 0 spiro atoms. The molecule has 0 fully saturated rings. The van der Waals surface area contributed by atoms with Gasteiger partial charge in [0.05, 0.1) is 5.69 Å². The van der Waals surface area contributed by atoms with E-state index in [9.17, 15) is 0 Å². The first-order valence-electron chi connectivity index (χ1n) is 5.42. The summed E-state index contributed by atoms with van der Waals surface area (Å²) >= 11 is 5.65. The lowest BCUT2D eigenvalue weighted by molar-refractivity contribution is 0.623. The van der Waals surface area contributed by atoms with Crippen molar-refractivity contribution in [1.82, 2.24) is 9.78 Å². The highest BCUT2D eigenvalue weighted by atomic mass is 35.5. The first kappa shape index (κ1) is 12.3. The van der Waals surface area contributed by atoms with E-state index in [4.69, 9.17) is 11.6 Å². The van der Waals surface area contributed by atoms with Gasteiger partial charge in [-0.05, 0) is 33.3 Å². The minimum absolute atomic E-state index is 0.698. The molecular weight excluding hydrogens is 208 g/mol. The lowest BCUT2D eigenvalue weighted by Crippen LogP contribution is -2.03. The topological polar surface area (TPSA) is 17.8 Å². The Balaban J connectivity index is 2.70. The van der Waals surface area contributed by atoms with Crippen molar-refractivity contribution >= 4 is 11.6 Å². The van der Waals surface area contributed by atoms with E-state index in [1.807, 2.05) is 6.92 Å². The summed E-state index contributed by atoms with van der Waals surface area (Å²) in [6, 6.07) is 2.15. The van der Waals surface area contributed by atoms with Crippen molar-refractivity contribution in [2.75, 3.05) is 5.88 Å². The Morgan fingerprint density at radius 1 is 1.60 bits per heavy atom. The average molecular weight is 227 g/mol. The van der Waals surface area contributed by atoms with Crippen molar-refractivity contribution < 1.29 is 0 Å². The normalized spacial score (nSPS) is 12.1. The van der Waals surface area contributed by atoms with Gasteiger partial charge in [0.25, 0.3) is 0 Å². The monoisotopic (exact) mass is 226 g/mol. The van der Waals surface area contributed by atoms with Crippen LogP contribution in [0.3, 0.4) is 0 Å². The SMILES string of the molecule is CCn1nc(C)cc1CC(C)=CCCCl. The van der Waals surface area contributed by atoms with Crippen molar-refractivity contribution in [3.05, 3.63) is 29.1 Å². The maximum Gasteiger partial charge on any atom is 0.0596 e. The second-order valence-corrected chi connectivity index (χ2v) is 4.18. The number of halogens is 1. The lowest BCUT2D eigenvalue weighted by atomic mass is 10.1. The molecular formula is C12H19ClN2. The second kappa shape index (κ2) is 5.96. The Morgan fingerprint density at radius 3 is 2.93 bits per heavy atom. The summed E-state index contributed by atoms with van der Waals surface area (Å²) in [6.07, 6.45) is 4.13. The summed E-state index contributed by atoms with van der Waals surface area (Å²) in [5, 5.41) is 4.43. The van der Waals surface area contributed by atoms with Crippen LogP contribution in [0.1, 0.15) is 31.7 Å². The Kier molecular flexibility index (Phi) is 4.89. The van der Waals surface area contributed by atoms with Crippen LogP contribution >= 0.6 is 11.6 Å². The summed E-state index contributed by atoms with van der Waals surface area (Å²) in [6.45, 7) is 7.24. The van der Waals surface area contributed by atoms with E-state index < -0.39 is 0 Å². The molecule has 1 rings (SSSR count). The number of allylic oxidation sites excluding steroid dienone is 2. The molecule has 84 valence electrons. The molecule has 0 saturated heterocycles. The van der Waals surface area contributed by atoms with Crippen LogP contribution in [-0.2, 0) is 13.0 Å². The third-order valence-corrected chi connectivity index (χ3v) is 2.57. The highest BCUT2D eigenvalue weighted by Crippen LogP contribution is 2.10. The molecule has 0 unspecified atom stereocenters. The van der Waals surface area contributed by atoms with E-state index in [-0.39, 0.29) is 0 Å². The van der Waals surface area contributed by atoms with Gasteiger partial charge in [-0.1, -0.05) is 11.6 Å². The molecule has 0 aliphatic heterocycles. The summed E-state index contributed by atoms with van der Waals surface area (Å²) < 4.78 is 2.06. The fourth-order valence-corrected chi connectivity index (χ4v) is 1.78. The van der Waals surface area contributed by atoms with Crippen LogP contribution in [0.5, 0.6) is 0 Å². The molecule has 15 heavy (non-hydrogen) atoms. The van der Waals surface area contributed by atoms with E-state index in [0.29, 0.717) is 5.88 Å². The van der Waals surface area contributed by atoms with Gasteiger partial charge in [-0.15, -0.1) is 11.6 Å². The largest absolute Gasteiger partial charge is 0.269 e. The standard InChI is InChI=1S/C12H19ClN2/c1-4-15-12(9-11(3)14-15)8-10(2)6-5-7-13/h6,9H,4-5,7-8H2,1-3H3. The van der Waals surface area contributed by atoms with Gasteiger partial charge in [-0.3, -0.25) is 4.68 Å². The van der Waals surface area contributed by atoms with E-state index in [0.717, 1.165) is 25.1 Å². The number of alkyl halides is 1. The number of aryl methyl sites for hydroxylation is 2. The van der Waals surface area contributed by atoms with Gasteiger partial charge in [0.15, 0.2) is 0 Å². The zero-order valence-electron chi connectivity index (χ0n) is 9.76. The maximum absolute atomic E-state index is 5.65. The molecule has 0 atom stereocenters. The molecule has 1 aromatic heterocycles. The molecule has 1 heterocycles. The number of aromatic nitrogens is 2. The van der Waals surface area contributed by atoms with Crippen LogP contribution in [-0.4, -0.2) is 15.7 Å². The Bertz CT molecular complexity index is 339. The molecule has 0 bridgehead atoms. The summed E-state index contributed by atoms with van der Waals surface area (Å²) in [7, 11) is 0. The van der Waals surface area contributed by atoms with Gasteiger partial charge in [-0.2, -0.15) is 5.10 Å². The van der Waals surface area contributed by atoms with Gasteiger partial charge in [0, 0.05) is 24.5 Å². The van der Waals surface area contributed by atoms with Crippen LogP contribution in [0.2, 0.25) is 0 Å². The number of rotatable bonds is 5. The minimum atomic E-state index is 0.698. The van der Waals surface area contributed by atoms with Crippen LogP contribution in [0, 0.1) is 6.92 Å². The first-order valence-corrected chi connectivity index (χ1v) is 5.95. The smallest absolute Gasteiger partial charge is 0.0596 e. The molecule has 1 aromatic rings. The van der Waals surface area contributed by atoms with Crippen molar-refractivity contribution in [1.29, 1.82) is 0 Å². The van der Waals surface area contributed by atoms with E-state index in [1.165, 1.54) is 11.3 Å². The Labute approximate surface area is 96.9 Å². The van der Waals surface area contributed by atoms with Gasteiger partial charge in [-0.25, -0.2) is 0 Å². The predicted molar refractivity (Wildman–Crippen MR) is 65.4 cm³/mol. The van der Waals surface area contributed by atoms with Crippen molar-refractivity contribution in [3.8, 4) is 0 Å². The molecule has 3 heteroatoms. The third-order valence-electron chi connectivity index (χ3n) is 2.35.